The Morgan fingerprint density at radius 3 is 2.65 bits per heavy atom. The van der Waals surface area contributed by atoms with Gasteiger partial charge in [-0.15, -0.1) is 11.6 Å². The van der Waals surface area contributed by atoms with E-state index in [0.29, 0.717) is 30.4 Å². The fourth-order valence-electron chi connectivity index (χ4n) is 1.82. The summed E-state index contributed by atoms with van der Waals surface area (Å²) in [5.74, 6) is 0.436. The van der Waals surface area contributed by atoms with Crippen molar-refractivity contribution in [3.8, 4) is 0 Å². The molecule has 0 saturated heterocycles. The van der Waals surface area contributed by atoms with Gasteiger partial charge in [-0.1, -0.05) is 0 Å². The summed E-state index contributed by atoms with van der Waals surface area (Å²) >= 11 is 5.71. The van der Waals surface area contributed by atoms with Crippen LogP contribution in [0.25, 0.3) is 0 Å². The molecule has 0 unspecified atom stereocenters. The van der Waals surface area contributed by atoms with Crippen LogP contribution in [0.2, 0.25) is 0 Å². The molecule has 0 N–H and O–H groups in total. The molecule has 0 amide bonds. The molecule has 0 spiro atoms. The molecule has 0 saturated carbocycles. The number of hydrogen-bond acceptors (Lipinski definition) is 4. The molecular formula is C11H16ClN3O2. The first-order valence-corrected chi connectivity index (χ1v) is 5.98. The van der Waals surface area contributed by atoms with Gasteiger partial charge in [0.2, 0.25) is 0 Å². The van der Waals surface area contributed by atoms with Crippen molar-refractivity contribution in [2.75, 3.05) is 23.9 Å². The van der Waals surface area contributed by atoms with E-state index in [2.05, 4.69) is 4.98 Å². The lowest BCUT2D eigenvalue weighted by molar-refractivity contribution is -0.385. The maximum absolute atomic E-state index is 11.1. The number of pyridine rings is 1. The van der Waals surface area contributed by atoms with Crippen molar-refractivity contribution in [3.63, 3.8) is 0 Å². The first-order chi connectivity index (χ1) is 8.01. The van der Waals surface area contributed by atoms with E-state index >= 15 is 0 Å². The molecule has 5 nitrogen and oxygen atoms in total. The molecule has 1 aromatic rings. The van der Waals surface area contributed by atoms with Crippen molar-refractivity contribution in [2.24, 2.45) is 0 Å². The standard InChI is InChI=1S/C11H16ClN3O2/c1-4-14(6-5-12)10-7-8(2)13-9(3)11(10)15(16)17/h7H,4-6H2,1-3H3. The summed E-state index contributed by atoms with van der Waals surface area (Å²) in [5.41, 5.74) is 1.89. The van der Waals surface area contributed by atoms with Gasteiger partial charge in [-0.05, 0) is 26.8 Å². The molecule has 1 rings (SSSR count). The summed E-state index contributed by atoms with van der Waals surface area (Å²) in [7, 11) is 0. The van der Waals surface area contributed by atoms with Crippen molar-refractivity contribution in [3.05, 3.63) is 27.6 Å². The Labute approximate surface area is 106 Å². The monoisotopic (exact) mass is 257 g/mol. The number of halogens is 1. The highest BCUT2D eigenvalue weighted by molar-refractivity contribution is 6.18. The first kappa shape index (κ1) is 13.7. The summed E-state index contributed by atoms with van der Waals surface area (Å²) in [6.07, 6.45) is 0. The van der Waals surface area contributed by atoms with Crippen molar-refractivity contribution in [1.82, 2.24) is 4.98 Å². The minimum Gasteiger partial charge on any atom is -0.365 e. The molecule has 0 aliphatic rings. The molecule has 94 valence electrons. The molecule has 6 heteroatoms. The Morgan fingerprint density at radius 1 is 1.53 bits per heavy atom. The van der Waals surface area contributed by atoms with Crippen molar-refractivity contribution >= 4 is 23.0 Å². The highest BCUT2D eigenvalue weighted by Crippen LogP contribution is 2.31. The maximum Gasteiger partial charge on any atom is 0.313 e. The topological polar surface area (TPSA) is 59.3 Å². The maximum atomic E-state index is 11.1. The largest absolute Gasteiger partial charge is 0.365 e. The summed E-state index contributed by atoms with van der Waals surface area (Å²) in [6.45, 7) is 6.69. The number of aromatic nitrogens is 1. The number of nitro groups is 1. The van der Waals surface area contributed by atoms with Gasteiger partial charge in [0.05, 0.1) is 4.92 Å². The number of hydrogen-bond donors (Lipinski definition) is 0. The predicted octanol–water partition coefficient (Wildman–Crippen LogP) is 2.67. The Morgan fingerprint density at radius 2 is 2.18 bits per heavy atom. The van der Waals surface area contributed by atoms with Crippen LogP contribution in [0.3, 0.4) is 0 Å². The molecule has 0 aliphatic heterocycles. The molecule has 0 atom stereocenters. The van der Waals surface area contributed by atoms with Gasteiger partial charge in [-0.3, -0.25) is 15.1 Å². The number of aryl methyl sites for hydroxylation is 2. The van der Waals surface area contributed by atoms with Crippen LogP contribution >= 0.6 is 11.6 Å². The molecule has 0 bridgehead atoms. The van der Waals surface area contributed by atoms with Gasteiger partial charge < -0.3 is 4.90 Å². The molecule has 0 radical (unpaired) electrons. The van der Waals surface area contributed by atoms with E-state index in [1.807, 2.05) is 18.7 Å². The van der Waals surface area contributed by atoms with Crippen LogP contribution in [0.4, 0.5) is 11.4 Å². The fraction of sp³-hybridized carbons (Fsp3) is 0.545. The zero-order chi connectivity index (χ0) is 13.0. The second-order valence-corrected chi connectivity index (χ2v) is 4.12. The SMILES string of the molecule is CCN(CCCl)c1cc(C)nc(C)c1[N+](=O)[O-]. The van der Waals surface area contributed by atoms with Crippen molar-refractivity contribution < 1.29 is 4.92 Å². The van der Waals surface area contributed by atoms with Crippen LogP contribution < -0.4 is 4.90 Å². The van der Waals surface area contributed by atoms with Gasteiger partial charge in [0.1, 0.15) is 11.4 Å². The lowest BCUT2D eigenvalue weighted by Crippen LogP contribution is -2.26. The van der Waals surface area contributed by atoms with E-state index in [1.165, 1.54) is 0 Å². The van der Waals surface area contributed by atoms with E-state index in [0.717, 1.165) is 5.69 Å². The van der Waals surface area contributed by atoms with E-state index in [1.54, 1.807) is 13.0 Å². The summed E-state index contributed by atoms with van der Waals surface area (Å²) in [5, 5.41) is 11.1. The van der Waals surface area contributed by atoms with Gasteiger partial charge >= 0.3 is 5.69 Å². The second-order valence-electron chi connectivity index (χ2n) is 3.74. The third kappa shape index (κ3) is 3.06. The van der Waals surface area contributed by atoms with Crippen molar-refractivity contribution in [1.29, 1.82) is 0 Å². The second kappa shape index (κ2) is 5.82. The van der Waals surface area contributed by atoms with E-state index in [4.69, 9.17) is 11.6 Å². The first-order valence-electron chi connectivity index (χ1n) is 5.44. The van der Waals surface area contributed by atoms with Crippen LogP contribution in [-0.2, 0) is 0 Å². The van der Waals surface area contributed by atoms with E-state index < -0.39 is 0 Å². The van der Waals surface area contributed by atoms with Crippen LogP contribution in [-0.4, -0.2) is 28.9 Å². The summed E-state index contributed by atoms with van der Waals surface area (Å²) in [4.78, 5) is 16.7. The third-order valence-corrected chi connectivity index (χ3v) is 2.70. The lowest BCUT2D eigenvalue weighted by Gasteiger charge is -2.22. The van der Waals surface area contributed by atoms with Crippen LogP contribution in [0.15, 0.2) is 6.07 Å². The Balaban J connectivity index is 3.32. The number of rotatable bonds is 5. The quantitative estimate of drug-likeness (QED) is 0.462. The summed E-state index contributed by atoms with van der Waals surface area (Å²) < 4.78 is 0. The zero-order valence-corrected chi connectivity index (χ0v) is 11.0. The molecule has 1 aromatic heterocycles. The van der Waals surface area contributed by atoms with Crippen LogP contribution in [0.1, 0.15) is 18.3 Å². The summed E-state index contributed by atoms with van der Waals surface area (Å²) in [6, 6.07) is 1.74. The van der Waals surface area contributed by atoms with Gasteiger partial charge in [0, 0.05) is 24.7 Å². The van der Waals surface area contributed by atoms with Crippen LogP contribution in [0.5, 0.6) is 0 Å². The normalized spacial score (nSPS) is 10.4. The number of alkyl halides is 1. The molecule has 0 aromatic carbocycles. The molecule has 0 aliphatic carbocycles. The Kier molecular flexibility index (Phi) is 4.69. The number of nitrogens with zero attached hydrogens (tertiary/aromatic N) is 3. The smallest absolute Gasteiger partial charge is 0.313 e. The van der Waals surface area contributed by atoms with E-state index in [9.17, 15) is 10.1 Å². The van der Waals surface area contributed by atoms with Gasteiger partial charge in [-0.2, -0.15) is 0 Å². The highest BCUT2D eigenvalue weighted by Gasteiger charge is 2.22. The highest BCUT2D eigenvalue weighted by atomic mass is 35.5. The molecule has 17 heavy (non-hydrogen) atoms. The zero-order valence-electron chi connectivity index (χ0n) is 10.2. The Bertz CT molecular complexity index is 423. The van der Waals surface area contributed by atoms with E-state index in [-0.39, 0.29) is 10.6 Å². The van der Waals surface area contributed by atoms with Gasteiger partial charge in [-0.25, -0.2) is 0 Å². The predicted molar refractivity (Wildman–Crippen MR) is 69.0 cm³/mol. The van der Waals surface area contributed by atoms with Crippen LogP contribution in [0, 0.1) is 24.0 Å². The molecular weight excluding hydrogens is 242 g/mol. The molecule has 0 fully saturated rings. The minimum absolute atomic E-state index is 0.0718. The van der Waals surface area contributed by atoms with Gasteiger partial charge in [0.25, 0.3) is 0 Å². The molecule has 1 heterocycles. The third-order valence-electron chi connectivity index (χ3n) is 2.53. The average molecular weight is 258 g/mol. The average Bonchev–Trinajstić information content (AvgIpc) is 2.23. The Hall–Kier alpha value is -1.36. The van der Waals surface area contributed by atoms with Gasteiger partial charge in [0.15, 0.2) is 0 Å². The van der Waals surface area contributed by atoms with Crippen molar-refractivity contribution in [2.45, 2.75) is 20.8 Å². The lowest BCUT2D eigenvalue weighted by atomic mass is 10.2. The number of anilines is 1. The fourth-order valence-corrected chi connectivity index (χ4v) is 2.02. The minimum atomic E-state index is -0.381.